The minimum Gasteiger partial charge on any atom is -0.495 e. The van der Waals surface area contributed by atoms with E-state index in [1.54, 1.807) is 36.1 Å². The maximum absolute atomic E-state index is 15.2. The van der Waals surface area contributed by atoms with Crippen LogP contribution in [-0.2, 0) is 29.8 Å². The van der Waals surface area contributed by atoms with Gasteiger partial charge in [0.05, 0.1) is 48.6 Å². The SMILES string of the molecule is COc1ccc2c(O[C@@H]3C[C@H]4C(=O)C[C@]5(P(=O)(O)Cc6c(C)cccc6F)C[C@@H]5CCCCCCC[C@H](CC(=O)OC5CCCC5)C(=O)N4C3)cc(-c3csc(NC(C)C)n3)nc2c1Cl. The summed E-state index contributed by atoms with van der Waals surface area (Å²) in [6.07, 6.45) is 7.89. The molecule has 65 heavy (non-hydrogen) atoms. The average Bonchev–Trinajstić information content (AvgIpc) is 3.68. The topological polar surface area (TPSA) is 157 Å². The van der Waals surface area contributed by atoms with Crippen molar-refractivity contribution in [2.45, 2.75) is 153 Å². The molecule has 1 unspecified atom stereocenters. The quantitative estimate of drug-likeness (QED) is 0.103. The number of benzene rings is 2. The minimum absolute atomic E-state index is 0.0350. The summed E-state index contributed by atoms with van der Waals surface area (Å²) in [5, 5.41) is 5.58. The molecule has 2 aliphatic carbocycles. The van der Waals surface area contributed by atoms with Crippen molar-refractivity contribution in [1.29, 1.82) is 0 Å². The van der Waals surface area contributed by atoms with Gasteiger partial charge in [-0.15, -0.1) is 11.3 Å². The molecule has 4 fully saturated rings. The van der Waals surface area contributed by atoms with Gasteiger partial charge in [-0.3, -0.25) is 18.9 Å². The summed E-state index contributed by atoms with van der Waals surface area (Å²) in [5.41, 5.74) is 2.30. The minimum atomic E-state index is -4.20. The molecule has 8 rings (SSSR count). The van der Waals surface area contributed by atoms with Crippen LogP contribution < -0.4 is 14.8 Å². The second kappa shape index (κ2) is 20.0. The number of fused-ring (bicyclic) bond motifs is 3. The smallest absolute Gasteiger partial charge is 0.306 e. The molecule has 6 atom stereocenters. The number of thiazole rings is 1. The molecule has 4 aliphatic rings. The van der Waals surface area contributed by atoms with E-state index in [2.05, 4.69) is 5.32 Å². The van der Waals surface area contributed by atoms with Crippen LogP contribution in [0.3, 0.4) is 0 Å². The lowest BCUT2D eigenvalue weighted by Crippen LogP contribution is -2.45. The Hall–Kier alpha value is -4.10. The molecular formula is C49H61ClFN4O8PS. The molecular weight excluding hydrogens is 890 g/mol. The molecule has 1 amide bonds. The zero-order valence-electron chi connectivity index (χ0n) is 37.8. The number of carbonyl (C=O) groups excluding carboxylic acids is 3. The number of amides is 1. The number of rotatable bonds is 12. The van der Waals surface area contributed by atoms with Crippen LogP contribution in [0, 0.1) is 24.6 Å². The molecule has 2 saturated carbocycles. The van der Waals surface area contributed by atoms with Crippen LogP contribution in [0.1, 0.15) is 121 Å². The first-order chi connectivity index (χ1) is 31.2. The van der Waals surface area contributed by atoms with Crippen LogP contribution in [0.5, 0.6) is 11.5 Å². The monoisotopic (exact) mass is 950 g/mol. The number of halogens is 2. The lowest BCUT2D eigenvalue weighted by molar-refractivity contribution is -0.154. The van der Waals surface area contributed by atoms with Gasteiger partial charge in [-0.2, -0.15) is 0 Å². The number of pyridine rings is 1. The van der Waals surface area contributed by atoms with E-state index < -0.39 is 42.4 Å². The Kier molecular flexibility index (Phi) is 14.6. The highest BCUT2D eigenvalue weighted by Crippen LogP contribution is 2.75. The normalized spacial score (nSPS) is 25.4. The molecule has 16 heteroatoms. The second-order valence-corrected chi connectivity index (χ2v) is 22.8. The van der Waals surface area contributed by atoms with Crippen LogP contribution in [0.2, 0.25) is 5.02 Å². The van der Waals surface area contributed by atoms with Crippen molar-refractivity contribution in [1.82, 2.24) is 14.9 Å². The van der Waals surface area contributed by atoms with E-state index in [-0.39, 0.29) is 72.3 Å². The lowest BCUT2D eigenvalue weighted by Gasteiger charge is -2.30. The van der Waals surface area contributed by atoms with E-state index in [1.807, 2.05) is 25.3 Å². The molecule has 350 valence electrons. The van der Waals surface area contributed by atoms with Crippen molar-refractivity contribution >= 4 is 64.0 Å². The second-order valence-electron chi connectivity index (χ2n) is 19.0. The average molecular weight is 952 g/mol. The molecule has 2 saturated heterocycles. The number of ketones is 1. The molecule has 2 aromatic carbocycles. The van der Waals surface area contributed by atoms with E-state index in [9.17, 15) is 14.3 Å². The van der Waals surface area contributed by atoms with Gasteiger partial charge < -0.3 is 29.3 Å². The van der Waals surface area contributed by atoms with Gasteiger partial charge in [0.15, 0.2) is 10.9 Å². The van der Waals surface area contributed by atoms with Gasteiger partial charge in [-0.05, 0) is 95.4 Å². The van der Waals surface area contributed by atoms with E-state index >= 15 is 14.0 Å². The highest BCUT2D eigenvalue weighted by molar-refractivity contribution is 7.59. The summed E-state index contributed by atoms with van der Waals surface area (Å²) >= 11 is 8.35. The fraction of sp³-hybridized carbons (Fsp3) is 0.571. The van der Waals surface area contributed by atoms with Gasteiger partial charge in [-0.25, -0.2) is 14.4 Å². The number of anilines is 1. The van der Waals surface area contributed by atoms with E-state index in [1.165, 1.54) is 24.5 Å². The Morgan fingerprint density at radius 3 is 2.49 bits per heavy atom. The van der Waals surface area contributed by atoms with Crippen molar-refractivity contribution in [2.75, 3.05) is 19.0 Å². The fourth-order valence-corrected chi connectivity index (χ4v) is 14.3. The van der Waals surface area contributed by atoms with E-state index in [0.717, 1.165) is 62.9 Å². The van der Waals surface area contributed by atoms with Gasteiger partial charge in [0.25, 0.3) is 0 Å². The number of methoxy groups -OCH3 is 1. The first-order valence-corrected chi connectivity index (χ1v) is 26.4. The Bertz CT molecular complexity index is 2440. The van der Waals surface area contributed by atoms with Crippen LogP contribution in [-0.4, -0.2) is 80.5 Å². The number of Topliss-reactive ketones (excluding diaryl/α,β-unsaturated/α-hetero) is 1. The van der Waals surface area contributed by atoms with Crippen molar-refractivity contribution < 1.29 is 42.4 Å². The lowest BCUT2D eigenvalue weighted by atomic mass is 9.94. The van der Waals surface area contributed by atoms with Gasteiger partial charge in [-0.1, -0.05) is 55.8 Å². The number of nitrogens with zero attached hydrogens (tertiary/aromatic N) is 3. The third-order valence-corrected chi connectivity index (χ3v) is 18.0. The molecule has 2 N–H and O–H groups in total. The third kappa shape index (κ3) is 10.4. The van der Waals surface area contributed by atoms with Gasteiger partial charge in [0.1, 0.15) is 40.2 Å². The first-order valence-electron chi connectivity index (χ1n) is 23.3. The molecule has 4 aromatic rings. The van der Waals surface area contributed by atoms with Crippen molar-refractivity contribution in [3.63, 3.8) is 0 Å². The maximum atomic E-state index is 15.2. The largest absolute Gasteiger partial charge is 0.495 e. The summed E-state index contributed by atoms with van der Waals surface area (Å²) in [7, 11) is -2.67. The number of hydrogen-bond acceptors (Lipinski definition) is 11. The summed E-state index contributed by atoms with van der Waals surface area (Å²) in [5.74, 6) is -1.70. The number of aromatic nitrogens is 2. The Morgan fingerprint density at radius 1 is 1.02 bits per heavy atom. The van der Waals surface area contributed by atoms with Crippen molar-refractivity contribution in [3.05, 3.63) is 63.7 Å². The highest BCUT2D eigenvalue weighted by Gasteiger charge is 2.66. The predicted octanol–water partition coefficient (Wildman–Crippen LogP) is 11.1. The summed E-state index contributed by atoms with van der Waals surface area (Å²) < 4.78 is 48.3. The number of carbonyl (C=O) groups is 3. The molecule has 4 heterocycles. The number of aryl methyl sites for hydroxylation is 1. The van der Waals surface area contributed by atoms with Gasteiger partial charge >= 0.3 is 5.97 Å². The Balaban J connectivity index is 1.14. The van der Waals surface area contributed by atoms with Crippen molar-refractivity contribution in [2.24, 2.45) is 11.8 Å². The summed E-state index contributed by atoms with van der Waals surface area (Å²) in [4.78, 5) is 66.9. The predicted molar refractivity (Wildman–Crippen MR) is 252 cm³/mol. The van der Waals surface area contributed by atoms with E-state index in [0.29, 0.717) is 58.6 Å². The van der Waals surface area contributed by atoms with Crippen LogP contribution in [0.25, 0.3) is 22.3 Å². The van der Waals surface area contributed by atoms with E-state index in [4.69, 9.17) is 35.8 Å². The molecule has 0 spiro atoms. The van der Waals surface area contributed by atoms with Gasteiger partial charge in [0, 0.05) is 47.2 Å². The Morgan fingerprint density at radius 2 is 1.75 bits per heavy atom. The van der Waals surface area contributed by atoms with Crippen LogP contribution >= 0.6 is 30.3 Å². The molecule has 2 aromatic heterocycles. The highest BCUT2D eigenvalue weighted by atomic mass is 35.5. The number of esters is 1. The number of nitrogens with one attached hydrogen (secondary N) is 1. The number of ether oxygens (including phenoxy) is 3. The Labute approximate surface area is 389 Å². The maximum Gasteiger partial charge on any atom is 0.306 e. The zero-order chi connectivity index (χ0) is 46.0. The first kappa shape index (κ1) is 47.4. The van der Waals surface area contributed by atoms with Crippen LogP contribution in [0.15, 0.2) is 41.8 Å². The summed E-state index contributed by atoms with van der Waals surface area (Å²) in [6.45, 7) is 5.82. The van der Waals surface area contributed by atoms with Crippen molar-refractivity contribution in [3.8, 4) is 22.9 Å². The number of hydrogen-bond donors (Lipinski definition) is 2. The van der Waals surface area contributed by atoms with Gasteiger partial charge in [0.2, 0.25) is 13.3 Å². The fourth-order valence-electron chi connectivity index (χ4n) is 10.4. The molecule has 0 radical (unpaired) electrons. The summed E-state index contributed by atoms with van der Waals surface area (Å²) in [6, 6.07) is 9.09. The molecule has 2 aliphatic heterocycles. The molecule has 0 bridgehead atoms. The molecule has 12 nitrogen and oxygen atoms in total. The third-order valence-electron chi connectivity index (χ3n) is 14.0. The zero-order valence-corrected chi connectivity index (χ0v) is 40.3. The standard InChI is InChI=1S/C49H61ClFN4O8PS/c1-29(2)52-48-54-39(28-65-48)38-23-43(35-19-20-42(61-4)45(50)46(35)53-38)62-34-22-40-41(56)25-49(64(59,60)27-36-30(3)13-12-18-37(36)51)24-32(49)15-9-7-5-6-8-14-31(47(58)55(40)26-34)21-44(57)63-33-16-10-11-17-33/h12-13,18-20,23,28-29,31-34,40H,5-11,14-17,21-22,24-27H2,1-4H3,(H,52,54)(H,59,60)/t31-,32+,34-,40+,49-/m1/s1. The van der Waals surface area contributed by atoms with Crippen LogP contribution in [0.4, 0.5) is 9.52 Å².